The van der Waals surface area contributed by atoms with Crippen molar-refractivity contribution in [2.45, 2.75) is 45.2 Å². The van der Waals surface area contributed by atoms with Crippen molar-refractivity contribution in [2.24, 2.45) is 0 Å². The van der Waals surface area contributed by atoms with Crippen LogP contribution < -0.4 is 10.6 Å². The summed E-state index contributed by atoms with van der Waals surface area (Å²) in [5, 5.41) is 7.09. The summed E-state index contributed by atoms with van der Waals surface area (Å²) in [4.78, 5) is 20.3. The number of hydrogen-bond donors (Lipinski definition) is 2. The summed E-state index contributed by atoms with van der Waals surface area (Å²) in [5.41, 5.74) is 1.17. The number of carbonyl (C=O) groups is 1. The van der Waals surface area contributed by atoms with Gasteiger partial charge in [-0.15, -0.1) is 11.3 Å². The Bertz CT molecular complexity index is 482. The molecule has 0 aromatic carbocycles. The van der Waals surface area contributed by atoms with Gasteiger partial charge in [-0.1, -0.05) is 6.92 Å². The van der Waals surface area contributed by atoms with Crippen molar-refractivity contribution in [3.8, 4) is 0 Å². The van der Waals surface area contributed by atoms with E-state index in [4.69, 9.17) is 0 Å². The number of nitrogens with zero attached hydrogens (tertiary/aromatic N) is 2. The molecule has 1 amide bonds. The highest BCUT2D eigenvalue weighted by Gasteiger charge is 2.22. The molecule has 1 saturated heterocycles. The molecule has 5 nitrogen and oxygen atoms in total. The van der Waals surface area contributed by atoms with E-state index in [2.05, 4.69) is 27.4 Å². The van der Waals surface area contributed by atoms with Gasteiger partial charge < -0.3 is 10.6 Å². The molecule has 2 aliphatic heterocycles. The molecule has 0 spiro atoms. The fraction of sp³-hybridized carbons (Fsp3) is 0.714. The summed E-state index contributed by atoms with van der Waals surface area (Å²) < 4.78 is 0. The van der Waals surface area contributed by atoms with Crippen LogP contribution in [0.25, 0.3) is 0 Å². The second-order valence-corrected chi connectivity index (χ2v) is 6.64. The van der Waals surface area contributed by atoms with Gasteiger partial charge in [-0.05, 0) is 25.9 Å². The first-order valence-electron chi connectivity index (χ1n) is 7.48. The lowest BCUT2D eigenvalue weighted by molar-refractivity contribution is -0.116. The number of thiazole rings is 1. The van der Waals surface area contributed by atoms with Crippen LogP contribution in [0.4, 0.5) is 5.13 Å². The number of fused-ring (bicyclic) bond motifs is 1. The molecule has 0 saturated carbocycles. The van der Waals surface area contributed by atoms with Crippen LogP contribution in [-0.2, 0) is 17.8 Å². The van der Waals surface area contributed by atoms with Crippen LogP contribution in [0.1, 0.15) is 36.8 Å². The number of amides is 1. The Balaban J connectivity index is 1.58. The molecular formula is C14H22N4OS. The molecule has 1 aromatic rings. The van der Waals surface area contributed by atoms with Gasteiger partial charge in [-0.2, -0.15) is 0 Å². The van der Waals surface area contributed by atoms with Gasteiger partial charge in [0.15, 0.2) is 5.13 Å². The molecular weight excluding hydrogens is 272 g/mol. The van der Waals surface area contributed by atoms with Crippen molar-refractivity contribution in [3.63, 3.8) is 0 Å². The van der Waals surface area contributed by atoms with Crippen molar-refractivity contribution < 1.29 is 4.79 Å². The van der Waals surface area contributed by atoms with Gasteiger partial charge in [0.2, 0.25) is 5.91 Å². The fourth-order valence-electron chi connectivity index (χ4n) is 2.90. The Labute approximate surface area is 123 Å². The third-order valence-electron chi connectivity index (χ3n) is 4.10. The minimum atomic E-state index is 0.0860. The van der Waals surface area contributed by atoms with Gasteiger partial charge in [-0.3, -0.25) is 9.69 Å². The number of likely N-dealkylation sites (N-methyl/N-ethyl adjacent to an activating group) is 1. The highest BCUT2D eigenvalue weighted by Crippen LogP contribution is 2.28. The number of anilines is 1. The molecule has 1 unspecified atom stereocenters. The van der Waals surface area contributed by atoms with Gasteiger partial charge in [0.25, 0.3) is 0 Å². The summed E-state index contributed by atoms with van der Waals surface area (Å²) in [6.45, 7) is 6.35. The maximum atomic E-state index is 12.0. The average Bonchev–Trinajstić information content (AvgIpc) is 3.06. The molecule has 0 bridgehead atoms. The van der Waals surface area contributed by atoms with Crippen molar-refractivity contribution >= 4 is 22.4 Å². The zero-order valence-corrected chi connectivity index (χ0v) is 12.8. The molecule has 110 valence electrons. The highest BCUT2D eigenvalue weighted by molar-refractivity contribution is 7.15. The molecule has 0 aliphatic carbocycles. The molecule has 1 fully saturated rings. The second kappa shape index (κ2) is 6.20. The quantitative estimate of drug-likeness (QED) is 0.885. The number of nitrogens with one attached hydrogen (secondary N) is 2. The lowest BCUT2D eigenvalue weighted by Crippen LogP contribution is -2.29. The molecule has 2 aliphatic rings. The van der Waals surface area contributed by atoms with Crippen LogP contribution in [0.3, 0.4) is 0 Å². The summed E-state index contributed by atoms with van der Waals surface area (Å²) in [6, 6.07) is 0.347. The molecule has 0 radical (unpaired) electrons. The Morgan fingerprint density at radius 3 is 3.25 bits per heavy atom. The average molecular weight is 294 g/mol. The first kappa shape index (κ1) is 14.0. The van der Waals surface area contributed by atoms with Gasteiger partial charge in [-0.25, -0.2) is 4.98 Å². The van der Waals surface area contributed by atoms with E-state index in [1.807, 2.05) is 0 Å². The van der Waals surface area contributed by atoms with Crippen LogP contribution in [-0.4, -0.2) is 41.5 Å². The largest absolute Gasteiger partial charge is 0.313 e. The van der Waals surface area contributed by atoms with Gasteiger partial charge >= 0.3 is 0 Å². The minimum absolute atomic E-state index is 0.0860. The predicted molar refractivity (Wildman–Crippen MR) is 81.0 cm³/mol. The predicted octanol–water partition coefficient (Wildman–Crippen LogP) is 1.60. The van der Waals surface area contributed by atoms with Gasteiger partial charge in [0, 0.05) is 36.9 Å². The van der Waals surface area contributed by atoms with Crippen molar-refractivity contribution in [2.75, 3.05) is 25.0 Å². The maximum Gasteiger partial charge on any atom is 0.227 e. The summed E-state index contributed by atoms with van der Waals surface area (Å²) >= 11 is 1.64. The molecule has 6 heteroatoms. The summed E-state index contributed by atoms with van der Waals surface area (Å²) in [7, 11) is 0. The van der Waals surface area contributed by atoms with Crippen molar-refractivity contribution in [3.05, 3.63) is 10.6 Å². The minimum Gasteiger partial charge on any atom is -0.313 e. The number of rotatable bonds is 4. The number of aromatic nitrogens is 1. The zero-order valence-electron chi connectivity index (χ0n) is 11.9. The van der Waals surface area contributed by atoms with E-state index in [9.17, 15) is 4.79 Å². The topological polar surface area (TPSA) is 57.3 Å². The normalized spacial score (nSPS) is 22.8. The third kappa shape index (κ3) is 3.19. The van der Waals surface area contributed by atoms with E-state index in [1.54, 1.807) is 11.3 Å². The zero-order chi connectivity index (χ0) is 13.9. The van der Waals surface area contributed by atoms with Crippen LogP contribution in [0, 0.1) is 0 Å². The number of carbonyl (C=O) groups excluding carboxylic acids is 1. The van der Waals surface area contributed by atoms with Crippen LogP contribution in [0.15, 0.2) is 0 Å². The Kier molecular flexibility index (Phi) is 4.33. The fourth-order valence-corrected chi connectivity index (χ4v) is 3.96. The van der Waals surface area contributed by atoms with Crippen LogP contribution in [0.5, 0.6) is 0 Å². The van der Waals surface area contributed by atoms with E-state index in [-0.39, 0.29) is 5.91 Å². The highest BCUT2D eigenvalue weighted by atomic mass is 32.1. The SMILES string of the molecule is CCN1CCc2nc(NC(=O)CC3CCCN3)sc2C1. The molecule has 2 N–H and O–H groups in total. The van der Waals surface area contributed by atoms with E-state index < -0.39 is 0 Å². The molecule has 1 aromatic heterocycles. The Morgan fingerprint density at radius 1 is 1.60 bits per heavy atom. The Morgan fingerprint density at radius 2 is 2.50 bits per heavy atom. The van der Waals surface area contributed by atoms with Crippen molar-refractivity contribution in [1.82, 2.24) is 15.2 Å². The van der Waals surface area contributed by atoms with Gasteiger partial charge in [0.05, 0.1) is 5.69 Å². The Hall–Kier alpha value is -0.980. The second-order valence-electron chi connectivity index (χ2n) is 5.55. The van der Waals surface area contributed by atoms with Crippen molar-refractivity contribution in [1.29, 1.82) is 0 Å². The summed E-state index contributed by atoms with van der Waals surface area (Å²) in [5.74, 6) is 0.0860. The van der Waals surface area contributed by atoms with E-state index in [1.165, 1.54) is 17.0 Å². The monoisotopic (exact) mass is 294 g/mol. The molecule has 1 atom stereocenters. The summed E-state index contributed by atoms with van der Waals surface area (Å²) in [6.07, 6.45) is 3.84. The molecule has 3 heterocycles. The first-order valence-corrected chi connectivity index (χ1v) is 8.30. The van der Waals surface area contributed by atoms with Crippen LogP contribution in [0.2, 0.25) is 0 Å². The first-order chi connectivity index (χ1) is 9.74. The van der Waals surface area contributed by atoms with Crippen LogP contribution >= 0.6 is 11.3 Å². The van der Waals surface area contributed by atoms with Gasteiger partial charge in [0.1, 0.15) is 0 Å². The number of hydrogen-bond acceptors (Lipinski definition) is 5. The van der Waals surface area contributed by atoms with E-state index >= 15 is 0 Å². The maximum absolute atomic E-state index is 12.0. The molecule has 3 rings (SSSR count). The third-order valence-corrected chi connectivity index (χ3v) is 5.10. The lowest BCUT2D eigenvalue weighted by Gasteiger charge is -2.23. The smallest absolute Gasteiger partial charge is 0.227 e. The molecule has 20 heavy (non-hydrogen) atoms. The van der Waals surface area contributed by atoms with E-state index in [0.29, 0.717) is 12.5 Å². The standard InChI is InChI=1S/C14H22N4OS/c1-2-18-7-5-11-12(9-18)20-14(16-11)17-13(19)8-10-4-3-6-15-10/h10,15H,2-9H2,1H3,(H,16,17,19). The lowest BCUT2D eigenvalue weighted by atomic mass is 10.1. The van der Waals surface area contributed by atoms with E-state index in [0.717, 1.165) is 44.2 Å².